The van der Waals surface area contributed by atoms with Crippen molar-refractivity contribution in [2.75, 3.05) is 5.43 Å². The molecule has 6 nitrogen and oxygen atoms in total. The molecule has 2 aromatic heterocycles. The Balaban J connectivity index is 2.03. The minimum Gasteiger partial charge on any atom is -0.437 e. The summed E-state index contributed by atoms with van der Waals surface area (Å²) in [5.41, 5.74) is 3.96. The van der Waals surface area contributed by atoms with Gasteiger partial charge in [0.15, 0.2) is 5.75 Å². The van der Waals surface area contributed by atoms with Gasteiger partial charge in [0.1, 0.15) is 5.52 Å². The molecule has 100 valence electrons. The summed E-state index contributed by atoms with van der Waals surface area (Å²) >= 11 is 0. The van der Waals surface area contributed by atoms with Crippen molar-refractivity contribution in [3.05, 3.63) is 48.3 Å². The van der Waals surface area contributed by atoms with Crippen LogP contribution in [0.15, 0.2) is 42.6 Å². The number of hydrogen-bond acceptors (Lipinski definition) is 6. The van der Waals surface area contributed by atoms with Crippen LogP contribution in [-0.2, 0) is 0 Å². The molecule has 0 unspecified atom stereocenters. The van der Waals surface area contributed by atoms with Gasteiger partial charge in [0.2, 0.25) is 11.8 Å². The molecule has 1 aromatic carbocycles. The summed E-state index contributed by atoms with van der Waals surface area (Å²) in [6, 6.07) is 11.3. The summed E-state index contributed by atoms with van der Waals surface area (Å²) in [4.78, 5) is 12.6. The Kier molecular flexibility index (Phi) is 3.14. The highest BCUT2D eigenvalue weighted by Gasteiger charge is 2.07. The number of pyridine rings is 1. The quantitative estimate of drug-likeness (QED) is 0.560. The van der Waals surface area contributed by atoms with Crippen molar-refractivity contribution >= 4 is 16.9 Å². The van der Waals surface area contributed by atoms with Crippen LogP contribution in [-0.4, -0.2) is 15.0 Å². The van der Waals surface area contributed by atoms with Crippen LogP contribution >= 0.6 is 0 Å². The highest BCUT2D eigenvalue weighted by Crippen LogP contribution is 2.27. The largest absolute Gasteiger partial charge is 0.437 e. The van der Waals surface area contributed by atoms with Crippen LogP contribution in [0.25, 0.3) is 10.9 Å². The van der Waals surface area contributed by atoms with Crippen LogP contribution in [0.1, 0.15) is 5.69 Å². The summed E-state index contributed by atoms with van der Waals surface area (Å²) in [7, 11) is 0. The number of para-hydroxylation sites is 1. The molecule has 0 amide bonds. The number of nitrogen functional groups attached to an aromatic ring is 1. The number of nitrogens with one attached hydrogen (secondary N) is 1. The van der Waals surface area contributed by atoms with Gasteiger partial charge in [-0.2, -0.15) is 4.98 Å². The fraction of sp³-hybridized carbons (Fsp3) is 0.0714. The first-order valence-corrected chi connectivity index (χ1v) is 6.10. The first-order valence-electron chi connectivity index (χ1n) is 6.10. The lowest BCUT2D eigenvalue weighted by Crippen LogP contribution is -2.11. The third-order valence-corrected chi connectivity index (χ3v) is 2.77. The number of hydrogen-bond donors (Lipinski definition) is 2. The fourth-order valence-electron chi connectivity index (χ4n) is 1.93. The molecular formula is C14H13N5O. The predicted molar refractivity (Wildman–Crippen MR) is 76.4 cm³/mol. The normalized spacial score (nSPS) is 10.5. The minimum atomic E-state index is 0.313. The van der Waals surface area contributed by atoms with Crippen LogP contribution in [0.4, 0.5) is 5.95 Å². The van der Waals surface area contributed by atoms with Gasteiger partial charge in [-0.25, -0.2) is 10.8 Å². The summed E-state index contributed by atoms with van der Waals surface area (Å²) in [6.45, 7) is 1.84. The van der Waals surface area contributed by atoms with E-state index in [1.165, 1.54) is 0 Å². The molecule has 0 radical (unpaired) electrons. The van der Waals surface area contributed by atoms with Crippen LogP contribution < -0.4 is 16.0 Å². The number of rotatable bonds is 3. The molecule has 0 saturated carbocycles. The van der Waals surface area contributed by atoms with E-state index < -0.39 is 0 Å². The smallest absolute Gasteiger partial charge is 0.240 e. The SMILES string of the molecule is Cc1cc(Oc2cccc3cccnc23)nc(NN)n1. The van der Waals surface area contributed by atoms with Crippen LogP contribution in [0, 0.1) is 6.92 Å². The van der Waals surface area contributed by atoms with Crippen molar-refractivity contribution < 1.29 is 4.74 Å². The number of aromatic nitrogens is 3. The first kappa shape index (κ1) is 12.3. The summed E-state index contributed by atoms with van der Waals surface area (Å²) < 4.78 is 5.81. The monoisotopic (exact) mass is 267 g/mol. The van der Waals surface area contributed by atoms with Gasteiger partial charge in [0.25, 0.3) is 0 Å². The summed E-state index contributed by atoms with van der Waals surface area (Å²) in [5.74, 6) is 6.70. The molecule has 3 aromatic rings. The summed E-state index contributed by atoms with van der Waals surface area (Å²) in [5, 5.41) is 1.01. The summed E-state index contributed by atoms with van der Waals surface area (Å²) in [6.07, 6.45) is 1.73. The van der Waals surface area contributed by atoms with Gasteiger partial charge < -0.3 is 4.74 Å². The molecule has 3 N–H and O–H groups in total. The Hall–Kier alpha value is -2.73. The maximum atomic E-state index is 5.81. The van der Waals surface area contributed by atoms with E-state index in [-0.39, 0.29) is 0 Å². The third kappa shape index (κ3) is 2.36. The molecule has 0 aliphatic heterocycles. The van der Waals surface area contributed by atoms with E-state index >= 15 is 0 Å². The van der Waals surface area contributed by atoms with E-state index in [1.807, 2.05) is 37.3 Å². The zero-order chi connectivity index (χ0) is 13.9. The number of hydrazine groups is 1. The Morgan fingerprint density at radius 1 is 1.15 bits per heavy atom. The topological polar surface area (TPSA) is 86.0 Å². The minimum absolute atomic E-state index is 0.313. The van der Waals surface area contributed by atoms with Crippen molar-refractivity contribution in [3.8, 4) is 11.6 Å². The zero-order valence-corrected chi connectivity index (χ0v) is 10.9. The molecule has 0 bridgehead atoms. The average Bonchev–Trinajstić information content (AvgIpc) is 2.47. The van der Waals surface area contributed by atoms with Gasteiger partial charge in [-0.15, -0.1) is 0 Å². The van der Waals surface area contributed by atoms with E-state index in [0.29, 0.717) is 17.6 Å². The Bertz CT molecular complexity index is 754. The van der Waals surface area contributed by atoms with Crippen molar-refractivity contribution in [1.82, 2.24) is 15.0 Å². The van der Waals surface area contributed by atoms with E-state index in [0.717, 1.165) is 16.6 Å². The molecule has 0 atom stereocenters. The van der Waals surface area contributed by atoms with Crippen molar-refractivity contribution in [1.29, 1.82) is 0 Å². The van der Waals surface area contributed by atoms with Crippen molar-refractivity contribution in [3.63, 3.8) is 0 Å². The Morgan fingerprint density at radius 3 is 2.85 bits per heavy atom. The highest BCUT2D eigenvalue weighted by molar-refractivity contribution is 5.84. The lowest BCUT2D eigenvalue weighted by molar-refractivity contribution is 0.466. The number of benzene rings is 1. The molecule has 0 aliphatic carbocycles. The average molecular weight is 267 g/mol. The number of nitrogens with zero attached hydrogens (tertiary/aromatic N) is 3. The van der Waals surface area contributed by atoms with Gasteiger partial charge in [-0.05, 0) is 19.1 Å². The zero-order valence-electron chi connectivity index (χ0n) is 10.9. The van der Waals surface area contributed by atoms with Crippen LogP contribution in [0.2, 0.25) is 0 Å². The van der Waals surface area contributed by atoms with E-state index in [4.69, 9.17) is 10.6 Å². The second kappa shape index (κ2) is 5.10. The molecule has 0 fully saturated rings. The van der Waals surface area contributed by atoms with Crippen molar-refractivity contribution in [2.45, 2.75) is 6.92 Å². The number of ether oxygens (including phenoxy) is 1. The van der Waals surface area contributed by atoms with Gasteiger partial charge in [0, 0.05) is 23.3 Å². The van der Waals surface area contributed by atoms with E-state index in [1.54, 1.807) is 12.3 Å². The lowest BCUT2D eigenvalue weighted by atomic mass is 10.2. The standard InChI is InChI=1S/C14H13N5O/c1-9-8-12(18-14(17-9)19-15)20-11-6-2-4-10-5-3-7-16-13(10)11/h2-8H,15H2,1H3,(H,17,18,19). The predicted octanol–water partition coefficient (Wildman–Crippen LogP) is 2.41. The second-order valence-corrected chi connectivity index (χ2v) is 4.25. The number of aryl methyl sites for hydroxylation is 1. The molecule has 0 spiro atoms. The second-order valence-electron chi connectivity index (χ2n) is 4.25. The van der Waals surface area contributed by atoms with Gasteiger partial charge >= 0.3 is 0 Å². The fourth-order valence-corrected chi connectivity index (χ4v) is 1.93. The molecule has 0 aliphatic rings. The highest BCUT2D eigenvalue weighted by atomic mass is 16.5. The van der Waals surface area contributed by atoms with Crippen LogP contribution in [0.5, 0.6) is 11.6 Å². The maximum absolute atomic E-state index is 5.81. The molecule has 6 heteroatoms. The van der Waals surface area contributed by atoms with Gasteiger partial charge in [-0.1, -0.05) is 18.2 Å². The number of anilines is 1. The number of fused-ring (bicyclic) bond motifs is 1. The molecule has 2 heterocycles. The van der Waals surface area contributed by atoms with E-state index in [2.05, 4.69) is 20.4 Å². The van der Waals surface area contributed by atoms with Crippen LogP contribution in [0.3, 0.4) is 0 Å². The molecule has 3 rings (SSSR count). The molecular weight excluding hydrogens is 254 g/mol. The maximum Gasteiger partial charge on any atom is 0.240 e. The van der Waals surface area contributed by atoms with Gasteiger partial charge in [0.05, 0.1) is 0 Å². The van der Waals surface area contributed by atoms with Crippen molar-refractivity contribution in [2.24, 2.45) is 5.84 Å². The van der Waals surface area contributed by atoms with Gasteiger partial charge in [-0.3, -0.25) is 10.4 Å². The number of nitrogens with two attached hydrogens (primary N) is 1. The molecule has 0 saturated heterocycles. The van der Waals surface area contributed by atoms with E-state index in [9.17, 15) is 0 Å². The first-order chi connectivity index (χ1) is 9.76. The Labute approximate surface area is 115 Å². The lowest BCUT2D eigenvalue weighted by Gasteiger charge is -2.09. The Morgan fingerprint density at radius 2 is 2.00 bits per heavy atom. The molecule has 20 heavy (non-hydrogen) atoms. The third-order valence-electron chi connectivity index (χ3n) is 2.77.